The number of piperazine rings is 1. The van der Waals surface area contributed by atoms with Crippen molar-refractivity contribution in [1.82, 2.24) is 15.1 Å². The van der Waals surface area contributed by atoms with Crippen LogP contribution in [0.25, 0.3) is 0 Å². The molecule has 0 radical (unpaired) electrons. The summed E-state index contributed by atoms with van der Waals surface area (Å²) in [6, 6.07) is 2.52. The molecule has 0 saturated carbocycles. The molecule has 4 heteroatoms. The van der Waals surface area contributed by atoms with Gasteiger partial charge < -0.3 is 9.80 Å². The molecular formula is C16H32N4. The first-order valence-electron chi connectivity index (χ1n) is 8.30. The van der Waals surface area contributed by atoms with Gasteiger partial charge in [-0.25, -0.2) is 0 Å². The molecule has 1 fully saturated rings. The van der Waals surface area contributed by atoms with E-state index in [4.69, 9.17) is 0 Å². The molecule has 1 unspecified atom stereocenters. The van der Waals surface area contributed by atoms with Crippen LogP contribution in [-0.2, 0) is 0 Å². The van der Waals surface area contributed by atoms with Gasteiger partial charge in [-0.1, -0.05) is 20.8 Å². The second-order valence-electron chi connectivity index (χ2n) is 5.85. The topological polar surface area (TPSA) is 42.3 Å². The molecule has 20 heavy (non-hydrogen) atoms. The summed E-state index contributed by atoms with van der Waals surface area (Å²) in [5.41, 5.74) is -0.304. The van der Waals surface area contributed by atoms with E-state index < -0.39 is 0 Å². The van der Waals surface area contributed by atoms with Gasteiger partial charge >= 0.3 is 0 Å². The van der Waals surface area contributed by atoms with E-state index in [2.05, 4.69) is 42.0 Å². The Morgan fingerprint density at radius 1 is 1.10 bits per heavy atom. The first-order chi connectivity index (χ1) is 9.69. The number of rotatable bonds is 9. The fraction of sp³-hybridized carbons (Fsp3) is 0.938. The Morgan fingerprint density at radius 2 is 1.75 bits per heavy atom. The van der Waals surface area contributed by atoms with E-state index in [1.54, 1.807) is 0 Å². The molecular weight excluding hydrogens is 248 g/mol. The summed E-state index contributed by atoms with van der Waals surface area (Å²) >= 11 is 0. The normalized spacial score (nSPS) is 20.5. The number of nitrogens with one attached hydrogen (secondary N) is 1. The monoisotopic (exact) mass is 280 g/mol. The predicted octanol–water partition coefficient (Wildman–Crippen LogP) is 2.08. The molecule has 1 saturated heterocycles. The van der Waals surface area contributed by atoms with Gasteiger partial charge in [0.15, 0.2) is 0 Å². The Hall–Kier alpha value is -0.630. The lowest BCUT2D eigenvalue weighted by Gasteiger charge is -2.34. The van der Waals surface area contributed by atoms with Gasteiger partial charge in [-0.2, -0.15) is 5.26 Å². The van der Waals surface area contributed by atoms with Crippen molar-refractivity contribution in [1.29, 1.82) is 5.26 Å². The van der Waals surface area contributed by atoms with Crippen LogP contribution >= 0.6 is 0 Å². The minimum atomic E-state index is -0.304. The van der Waals surface area contributed by atoms with E-state index in [0.717, 1.165) is 38.8 Å². The van der Waals surface area contributed by atoms with Crippen LogP contribution < -0.4 is 5.32 Å². The molecule has 1 heterocycles. The Morgan fingerprint density at radius 3 is 2.25 bits per heavy atom. The van der Waals surface area contributed by atoms with Gasteiger partial charge in [0.2, 0.25) is 0 Å². The maximum Gasteiger partial charge on any atom is 0.106 e. The van der Waals surface area contributed by atoms with Crippen LogP contribution in [0.4, 0.5) is 0 Å². The highest BCUT2D eigenvalue weighted by molar-refractivity contribution is 5.06. The number of hydrogen-bond acceptors (Lipinski definition) is 4. The van der Waals surface area contributed by atoms with Gasteiger partial charge in [0.25, 0.3) is 0 Å². The molecule has 0 bridgehead atoms. The summed E-state index contributed by atoms with van der Waals surface area (Å²) in [5, 5.41) is 12.9. The smallest absolute Gasteiger partial charge is 0.106 e. The third-order valence-corrected chi connectivity index (χ3v) is 4.52. The van der Waals surface area contributed by atoms with Crippen molar-refractivity contribution in [3.63, 3.8) is 0 Å². The summed E-state index contributed by atoms with van der Waals surface area (Å²) in [5.74, 6) is 0. The quantitative estimate of drug-likeness (QED) is 0.702. The van der Waals surface area contributed by atoms with E-state index in [1.165, 1.54) is 32.7 Å². The fourth-order valence-corrected chi connectivity index (χ4v) is 2.86. The van der Waals surface area contributed by atoms with Gasteiger partial charge in [-0.15, -0.1) is 0 Å². The molecule has 0 aliphatic carbocycles. The Kier molecular flexibility index (Phi) is 8.13. The van der Waals surface area contributed by atoms with E-state index in [1.807, 2.05) is 0 Å². The van der Waals surface area contributed by atoms with Crippen LogP contribution in [0.3, 0.4) is 0 Å². The average Bonchev–Trinajstić information content (AvgIpc) is 2.51. The van der Waals surface area contributed by atoms with Crippen LogP contribution in [0.1, 0.15) is 46.5 Å². The summed E-state index contributed by atoms with van der Waals surface area (Å²) in [6.45, 7) is 14.5. The number of nitriles is 1. The Balaban J connectivity index is 2.29. The van der Waals surface area contributed by atoms with Crippen LogP contribution in [0.2, 0.25) is 0 Å². The molecule has 1 rings (SSSR count). The molecule has 0 aromatic carbocycles. The Bertz CT molecular complexity index is 291. The van der Waals surface area contributed by atoms with E-state index in [9.17, 15) is 5.26 Å². The highest BCUT2D eigenvalue weighted by atomic mass is 15.3. The highest BCUT2D eigenvalue weighted by Gasteiger charge is 2.26. The van der Waals surface area contributed by atoms with Gasteiger partial charge in [0, 0.05) is 26.2 Å². The number of hydrogen-bond donors (Lipinski definition) is 1. The van der Waals surface area contributed by atoms with Crippen LogP contribution in [0.5, 0.6) is 0 Å². The lowest BCUT2D eigenvalue weighted by atomic mass is 9.91. The van der Waals surface area contributed by atoms with Gasteiger partial charge in [-0.3, -0.25) is 5.32 Å². The van der Waals surface area contributed by atoms with Crippen molar-refractivity contribution in [3.8, 4) is 6.07 Å². The summed E-state index contributed by atoms with van der Waals surface area (Å²) in [6.07, 6.45) is 4.06. The van der Waals surface area contributed by atoms with E-state index >= 15 is 0 Å². The minimum Gasteiger partial charge on any atom is -0.301 e. The number of likely N-dealkylation sites (N-methyl/N-ethyl adjacent to an activating group) is 1. The molecule has 0 spiro atoms. The van der Waals surface area contributed by atoms with Crippen molar-refractivity contribution in [3.05, 3.63) is 0 Å². The minimum absolute atomic E-state index is 0.304. The van der Waals surface area contributed by atoms with Crippen molar-refractivity contribution < 1.29 is 0 Å². The van der Waals surface area contributed by atoms with Crippen molar-refractivity contribution in [2.45, 2.75) is 52.0 Å². The van der Waals surface area contributed by atoms with Crippen molar-refractivity contribution in [2.75, 3.05) is 45.8 Å². The van der Waals surface area contributed by atoms with Gasteiger partial charge in [0.1, 0.15) is 5.54 Å². The molecule has 1 atom stereocenters. The first-order valence-corrected chi connectivity index (χ1v) is 8.30. The maximum atomic E-state index is 9.47. The van der Waals surface area contributed by atoms with E-state index in [0.29, 0.717) is 0 Å². The Labute approximate surface area is 125 Å². The lowest BCUT2D eigenvalue weighted by molar-refractivity contribution is 0.133. The molecule has 1 aliphatic rings. The van der Waals surface area contributed by atoms with Gasteiger partial charge in [0.05, 0.1) is 6.07 Å². The van der Waals surface area contributed by atoms with Crippen LogP contribution in [-0.4, -0.2) is 61.2 Å². The fourth-order valence-electron chi connectivity index (χ4n) is 2.86. The van der Waals surface area contributed by atoms with Crippen molar-refractivity contribution in [2.24, 2.45) is 0 Å². The molecule has 1 aliphatic heterocycles. The average molecular weight is 280 g/mol. The zero-order chi connectivity index (χ0) is 14.8. The number of nitrogens with zero attached hydrogens (tertiary/aromatic N) is 3. The third-order valence-electron chi connectivity index (χ3n) is 4.52. The van der Waals surface area contributed by atoms with Crippen LogP contribution in [0.15, 0.2) is 0 Å². The molecule has 0 aromatic heterocycles. The molecule has 116 valence electrons. The predicted molar refractivity (Wildman–Crippen MR) is 84.7 cm³/mol. The summed E-state index contributed by atoms with van der Waals surface area (Å²) in [4.78, 5) is 5.05. The van der Waals surface area contributed by atoms with E-state index in [-0.39, 0.29) is 5.54 Å². The molecule has 0 aromatic rings. The first kappa shape index (κ1) is 17.4. The maximum absolute atomic E-state index is 9.47. The summed E-state index contributed by atoms with van der Waals surface area (Å²) in [7, 11) is 0. The second kappa shape index (κ2) is 9.33. The third kappa shape index (κ3) is 5.40. The lowest BCUT2D eigenvalue weighted by Crippen LogP contribution is -2.47. The molecule has 4 nitrogen and oxygen atoms in total. The zero-order valence-corrected chi connectivity index (χ0v) is 13.6. The molecule has 0 amide bonds. The van der Waals surface area contributed by atoms with Crippen molar-refractivity contribution >= 4 is 0 Å². The molecule has 1 N–H and O–H groups in total. The van der Waals surface area contributed by atoms with Crippen LogP contribution in [0, 0.1) is 11.3 Å². The standard InChI is InChI=1S/C16H32N4/c1-4-9-18-16(5-2,15-17)8-7-10-20-13-11-19(6-3)12-14-20/h18H,4-14H2,1-3H3. The highest BCUT2D eigenvalue weighted by Crippen LogP contribution is 2.17. The van der Waals surface area contributed by atoms with Gasteiger partial charge in [-0.05, 0) is 45.3 Å². The largest absolute Gasteiger partial charge is 0.301 e. The summed E-state index contributed by atoms with van der Waals surface area (Å²) < 4.78 is 0. The SMILES string of the molecule is CCCNC(C#N)(CC)CCCN1CCN(CC)CC1. The second-order valence-corrected chi connectivity index (χ2v) is 5.85. The zero-order valence-electron chi connectivity index (χ0n) is 13.6.